The van der Waals surface area contributed by atoms with Crippen LogP contribution in [0, 0.1) is 5.82 Å². The topological polar surface area (TPSA) is 73.4 Å². The lowest BCUT2D eigenvalue weighted by molar-refractivity contribution is -0.133. The molecule has 2 saturated heterocycles. The number of rotatable bonds is 4. The van der Waals surface area contributed by atoms with Crippen LogP contribution in [0.2, 0.25) is 0 Å². The summed E-state index contributed by atoms with van der Waals surface area (Å²) in [6.45, 7) is 11.7. The molecule has 2 fully saturated rings. The predicted octanol–water partition coefficient (Wildman–Crippen LogP) is 2.23. The Kier molecular flexibility index (Phi) is 7.38. The lowest BCUT2D eigenvalue weighted by Gasteiger charge is -2.38. The number of piperazine rings is 2. The van der Waals surface area contributed by atoms with Crippen molar-refractivity contribution in [3.05, 3.63) is 29.6 Å². The van der Waals surface area contributed by atoms with Crippen LogP contribution in [-0.4, -0.2) is 97.0 Å². The molecule has 0 bridgehead atoms. The van der Waals surface area contributed by atoms with Gasteiger partial charge in [0.05, 0.1) is 12.2 Å². The Morgan fingerprint density at radius 2 is 1.53 bits per heavy atom. The summed E-state index contributed by atoms with van der Waals surface area (Å²) in [6.07, 6.45) is -0.317. The average Bonchev–Trinajstić information content (AvgIpc) is 2.73. The van der Waals surface area contributed by atoms with Crippen LogP contribution in [0.25, 0.3) is 0 Å². The fraction of sp³-hybridized carbons (Fsp3) is 0.609. The molecule has 0 atom stereocenters. The van der Waals surface area contributed by atoms with Crippen molar-refractivity contribution in [3.8, 4) is 0 Å². The van der Waals surface area contributed by atoms with Gasteiger partial charge in [0.1, 0.15) is 11.4 Å². The molecule has 176 valence electrons. The van der Waals surface area contributed by atoms with E-state index in [1.54, 1.807) is 21.9 Å². The van der Waals surface area contributed by atoms with Crippen molar-refractivity contribution >= 4 is 23.5 Å². The molecule has 0 aliphatic carbocycles. The van der Waals surface area contributed by atoms with Gasteiger partial charge in [0, 0.05) is 57.9 Å². The molecule has 2 aliphatic heterocycles. The fourth-order valence-corrected chi connectivity index (χ4v) is 3.89. The Bertz CT molecular complexity index is 854. The Labute approximate surface area is 188 Å². The molecule has 32 heavy (non-hydrogen) atoms. The molecule has 2 aliphatic rings. The van der Waals surface area contributed by atoms with Crippen molar-refractivity contribution < 1.29 is 23.5 Å². The Balaban J connectivity index is 1.44. The van der Waals surface area contributed by atoms with Gasteiger partial charge in [-0.1, -0.05) is 0 Å². The van der Waals surface area contributed by atoms with Crippen LogP contribution in [-0.2, 0) is 9.53 Å². The Hall–Kier alpha value is -2.68. The van der Waals surface area contributed by atoms with Gasteiger partial charge in [0.15, 0.2) is 5.78 Å². The SMILES string of the molecule is CC(=O)c1ccc(N2CCN(C(=O)CN3CCN(C(=O)OC(C)(C)C)CC3)CC2)c(F)c1. The van der Waals surface area contributed by atoms with E-state index in [9.17, 15) is 18.8 Å². The smallest absolute Gasteiger partial charge is 0.410 e. The van der Waals surface area contributed by atoms with Gasteiger partial charge >= 0.3 is 6.09 Å². The van der Waals surface area contributed by atoms with E-state index >= 15 is 0 Å². The summed E-state index contributed by atoms with van der Waals surface area (Å²) in [5, 5.41) is 0. The van der Waals surface area contributed by atoms with Crippen molar-refractivity contribution in [2.45, 2.75) is 33.3 Å². The fourth-order valence-electron chi connectivity index (χ4n) is 3.89. The molecule has 2 amide bonds. The third-order valence-electron chi connectivity index (χ3n) is 5.71. The number of hydrogen-bond acceptors (Lipinski definition) is 6. The van der Waals surface area contributed by atoms with Crippen LogP contribution in [0.4, 0.5) is 14.9 Å². The first-order valence-corrected chi connectivity index (χ1v) is 11.1. The molecule has 9 heteroatoms. The van der Waals surface area contributed by atoms with Gasteiger partial charge in [0.25, 0.3) is 0 Å². The van der Waals surface area contributed by atoms with Gasteiger partial charge in [-0.15, -0.1) is 0 Å². The summed E-state index contributed by atoms with van der Waals surface area (Å²) < 4.78 is 19.8. The molecular weight excluding hydrogens is 415 g/mol. The molecule has 1 aromatic carbocycles. The van der Waals surface area contributed by atoms with Crippen LogP contribution in [0.1, 0.15) is 38.1 Å². The van der Waals surface area contributed by atoms with E-state index in [1.807, 2.05) is 25.7 Å². The number of amides is 2. The number of hydrogen-bond donors (Lipinski definition) is 0. The van der Waals surface area contributed by atoms with Crippen molar-refractivity contribution in [2.24, 2.45) is 0 Å². The minimum absolute atomic E-state index is 0.0442. The van der Waals surface area contributed by atoms with Crippen molar-refractivity contribution in [1.82, 2.24) is 14.7 Å². The minimum Gasteiger partial charge on any atom is -0.444 e. The van der Waals surface area contributed by atoms with Gasteiger partial charge in [0.2, 0.25) is 5.91 Å². The predicted molar refractivity (Wildman–Crippen MR) is 119 cm³/mol. The number of benzene rings is 1. The third kappa shape index (κ3) is 6.18. The minimum atomic E-state index is -0.523. The zero-order valence-electron chi connectivity index (χ0n) is 19.4. The van der Waals surface area contributed by atoms with Crippen LogP contribution < -0.4 is 4.90 Å². The second-order valence-electron chi connectivity index (χ2n) is 9.33. The molecule has 0 N–H and O–H groups in total. The monoisotopic (exact) mass is 448 g/mol. The van der Waals surface area contributed by atoms with E-state index in [1.165, 1.54) is 13.0 Å². The molecule has 8 nitrogen and oxygen atoms in total. The van der Waals surface area contributed by atoms with Gasteiger partial charge in [-0.2, -0.15) is 0 Å². The van der Waals surface area contributed by atoms with Crippen LogP contribution in [0.15, 0.2) is 18.2 Å². The molecular formula is C23H33FN4O4. The van der Waals surface area contributed by atoms with Crippen molar-refractivity contribution in [1.29, 1.82) is 0 Å². The van der Waals surface area contributed by atoms with Gasteiger partial charge in [-0.25, -0.2) is 9.18 Å². The number of carbonyl (C=O) groups excluding carboxylic acids is 3. The van der Waals surface area contributed by atoms with Crippen LogP contribution in [0.3, 0.4) is 0 Å². The first kappa shape index (κ1) is 24.0. The van der Waals surface area contributed by atoms with E-state index < -0.39 is 11.4 Å². The molecule has 0 aromatic heterocycles. The number of ether oxygens (including phenoxy) is 1. The zero-order chi connectivity index (χ0) is 23.5. The molecule has 0 radical (unpaired) electrons. The summed E-state index contributed by atoms with van der Waals surface area (Å²) in [4.78, 5) is 43.8. The number of ketones is 1. The first-order chi connectivity index (χ1) is 15.0. The van der Waals surface area contributed by atoms with Crippen LogP contribution >= 0.6 is 0 Å². The van der Waals surface area contributed by atoms with Gasteiger partial charge in [-0.05, 0) is 45.9 Å². The quantitative estimate of drug-likeness (QED) is 0.658. The maximum atomic E-state index is 14.4. The summed E-state index contributed by atoms with van der Waals surface area (Å²) >= 11 is 0. The summed E-state index contributed by atoms with van der Waals surface area (Å²) in [7, 11) is 0. The van der Waals surface area contributed by atoms with Crippen molar-refractivity contribution in [3.63, 3.8) is 0 Å². The number of Topliss-reactive ketones (excluding diaryl/α,β-unsaturated/α-hetero) is 1. The highest BCUT2D eigenvalue weighted by Crippen LogP contribution is 2.22. The van der Waals surface area contributed by atoms with E-state index in [-0.39, 0.29) is 17.8 Å². The summed E-state index contributed by atoms with van der Waals surface area (Å²) in [5.74, 6) is -0.541. The van der Waals surface area contributed by atoms with E-state index in [2.05, 4.69) is 4.90 Å². The van der Waals surface area contributed by atoms with E-state index in [4.69, 9.17) is 4.74 Å². The van der Waals surface area contributed by atoms with Crippen molar-refractivity contribution in [2.75, 3.05) is 63.8 Å². The van der Waals surface area contributed by atoms with E-state index in [0.717, 1.165) is 0 Å². The number of carbonyl (C=O) groups is 3. The largest absolute Gasteiger partial charge is 0.444 e. The lowest BCUT2D eigenvalue weighted by atomic mass is 10.1. The standard InChI is InChI=1S/C23H33FN4O4/c1-17(29)18-5-6-20(19(24)15-18)26-11-13-27(14-12-26)21(30)16-25-7-9-28(10-8-25)22(31)32-23(2,3)4/h5-6,15H,7-14,16H2,1-4H3. The van der Waals surface area contributed by atoms with Gasteiger partial charge in [-0.3, -0.25) is 14.5 Å². The summed E-state index contributed by atoms with van der Waals surface area (Å²) in [6, 6.07) is 4.54. The lowest BCUT2D eigenvalue weighted by Crippen LogP contribution is -2.55. The number of nitrogens with zero attached hydrogens (tertiary/aromatic N) is 4. The number of halogens is 1. The Morgan fingerprint density at radius 1 is 0.938 bits per heavy atom. The molecule has 0 unspecified atom stereocenters. The maximum absolute atomic E-state index is 14.4. The highest BCUT2D eigenvalue weighted by atomic mass is 19.1. The second-order valence-corrected chi connectivity index (χ2v) is 9.33. The van der Waals surface area contributed by atoms with Crippen LogP contribution in [0.5, 0.6) is 0 Å². The normalized spacial score (nSPS) is 18.0. The molecule has 0 saturated carbocycles. The average molecular weight is 449 g/mol. The maximum Gasteiger partial charge on any atom is 0.410 e. The molecule has 3 rings (SSSR count). The third-order valence-corrected chi connectivity index (χ3v) is 5.71. The second kappa shape index (κ2) is 9.85. The van der Waals surface area contributed by atoms with E-state index in [0.29, 0.717) is 70.2 Å². The van der Waals surface area contributed by atoms with Gasteiger partial charge < -0.3 is 19.4 Å². The first-order valence-electron chi connectivity index (χ1n) is 11.1. The zero-order valence-corrected chi connectivity index (χ0v) is 19.4. The molecule has 1 aromatic rings. The Morgan fingerprint density at radius 3 is 2.06 bits per heavy atom. The molecule has 0 spiro atoms. The summed E-state index contributed by atoms with van der Waals surface area (Å²) in [5.41, 5.74) is 0.289. The highest BCUT2D eigenvalue weighted by Gasteiger charge is 2.28. The number of anilines is 1. The highest BCUT2D eigenvalue weighted by molar-refractivity contribution is 5.94. The molecule has 2 heterocycles.